The van der Waals surface area contributed by atoms with E-state index in [2.05, 4.69) is 15.5 Å². The molecular weight excluding hydrogens is 378 g/mol. The normalized spacial score (nSPS) is 12.2. The molecule has 1 aromatic heterocycles. The molecule has 7 nitrogen and oxygen atoms in total. The molecule has 0 aliphatic carbocycles. The van der Waals surface area contributed by atoms with Crippen molar-refractivity contribution in [1.29, 1.82) is 0 Å². The van der Waals surface area contributed by atoms with Gasteiger partial charge in [0.15, 0.2) is 11.5 Å². The molecule has 2 heterocycles. The van der Waals surface area contributed by atoms with Crippen molar-refractivity contribution in [3.63, 3.8) is 0 Å². The van der Waals surface area contributed by atoms with E-state index in [-0.39, 0.29) is 18.5 Å². The van der Waals surface area contributed by atoms with Crippen molar-refractivity contribution in [3.05, 3.63) is 47.5 Å². The maximum absolute atomic E-state index is 12.0. The molecule has 3 aromatic rings. The standard InChI is InChI=1S/C17H12ClN3O4S/c18-11-2-4-12(5-3-11)19-15(22)8-26-17-21-20-16(25-17)10-1-6-13-14(7-10)24-9-23-13/h1-7H,8-9H2,(H,19,22). The van der Waals surface area contributed by atoms with Gasteiger partial charge in [-0.15, -0.1) is 10.2 Å². The molecule has 132 valence electrons. The molecule has 1 N–H and O–H groups in total. The van der Waals surface area contributed by atoms with Gasteiger partial charge in [0, 0.05) is 16.3 Å². The lowest BCUT2D eigenvalue weighted by molar-refractivity contribution is -0.113. The summed E-state index contributed by atoms with van der Waals surface area (Å²) in [5.74, 6) is 1.63. The minimum Gasteiger partial charge on any atom is -0.454 e. The minimum atomic E-state index is -0.180. The van der Waals surface area contributed by atoms with E-state index in [0.717, 1.165) is 17.3 Å². The molecule has 0 bridgehead atoms. The summed E-state index contributed by atoms with van der Waals surface area (Å²) in [7, 11) is 0. The average Bonchev–Trinajstić information content (AvgIpc) is 3.30. The Labute approximate surface area is 157 Å². The van der Waals surface area contributed by atoms with Crippen LogP contribution in [0.25, 0.3) is 11.5 Å². The van der Waals surface area contributed by atoms with Crippen LogP contribution in [0.1, 0.15) is 0 Å². The van der Waals surface area contributed by atoms with Gasteiger partial charge in [-0.1, -0.05) is 23.4 Å². The van der Waals surface area contributed by atoms with Gasteiger partial charge in [-0.25, -0.2) is 0 Å². The number of hydrogen-bond donors (Lipinski definition) is 1. The third kappa shape index (κ3) is 3.76. The second-order valence-electron chi connectivity index (χ2n) is 5.28. The highest BCUT2D eigenvalue weighted by atomic mass is 35.5. The molecular formula is C17H12ClN3O4S. The average molecular weight is 390 g/mol. The SMILES string of the molecule is O=C(CSc1nnc(-c2ccc3c(c2)OCO3)o1)Nc1ccc(Cl)cc1. The number of benzene rings is 2. The first-order valence-electron chi connectivity index (χ1n) is 7.59. The summed E-state index contributed by atoms with van der Waals surface area (Å²) in [5.41, 5.74) is 1.39. The molecule has 9 heteroatoms. The van der Waals surface area contributed by atoms with Crippen LogP contribution in [0.2, 0.25) is 5.02 Å². The van der Waals surface area contributed by atoms with Crippen molar-refractivity contribution < 1.29 is 18.7 Å². The van der Waals surface area contributed by atoms with E-state index in [9.17, 15) is 4.79 Å². The van der Waals surface area contributed by atoms with Crippen molar-refractivity contribution in [3.8, 4) is 23.0 Å². The highest BCUT2D eigenvalue weighted by Gasteiger charge is 2.17. The Morgan fingerprint density at radius 2 is 1.92 bits per heavy atom. The van der Waals surface area contributed by atoms with E-state index in [0.29, 0.717) is 33.3 Å². The molecule has 0 atom stereocenters. The highest BCUT2D eigenvalue weighted by molar-refractivity contribution is 7.99. The summed E-state index contributed by atoms with van der Waals surface area (Å²) in [6, 6.07) is 12.2. The predicted octanol–water partition coefficient (Wildman–Crippen LogP) is 3.85. The number of amides is 1. The van der Waals surface area contributed by atoms with Crippen LogP contribution in [0.5, 0.6) is 11.5 Å². The topological polar surface area (TPSA) is 86.5 Å². The Balaban J connectivity index is 1.36. The van der Waals surface area contributed by atoms with Gasteiger partial charge in [-0.05, 0) is 42.5 Å². The number of thioether (sulfide) groups is 1. The van der Waals surface area contributed by atoms with Crippen LogP contribution in [-0.2, 0) is 4.79 Å². The summed E-state index contributed by atoms with van der Waals surface area (Å²) >= 11 is 6.97. The van der Waals surface area contributed by atoms with Gasteiger partial charge in [0.2, 0.25) is 18.6 Å². The molecule has 0 saturated heterocycles. The first kappa shape index (κ1) is 16.7. The summed E-state index contributed by atoms with van der Waals surface area (Å²) < 4.78 is 16.2. The molecule has 1 aliphatic rings. The largest absolute Gasteiger partial charge is 0.454 e. The number of carbonyl (C=O) groups is 1. The zero-order valence-electron chi connectivity index (χ0n) is 13.3. The smallest absolute Gasteiger partial charge is 0.277 e. The lowest BCUT2D eigenvalue weighted by Crippen LogP contribution is -2.13. The molecule has 1 amide bonds. The summed E-state index contributed by atoms with van der Waals surface area (Å²) in [6.45, 7) is 0.201. The monoisotopic (exact) mass is 389 g/mol. The summed E-state index contributed by atoms with van der Waals surface area (Å²) in [4.78, 5) is 12.0. The first-order valence-corrected chi connectivity index (χ1v) is 8.95. The van der Waals surface area contributed by atoms with Gasteiger partial charge in [0.25, 0.3) is 5.22 Å². The number of ether oxygens (including phenoxy) is 2. The Morgan fingerprint density at radius 1 is 1.12 bits per heavy atom. The van der Waals surface area contributed by atoms with Gasteiger partial charge in [0.1, 0.15) is 0 Å². The minimum absolute atomic E-state index is 0.144. The van der Waals surface area contributed by atoms with Crippen molar-refractivity contribution in [2.45, 2.75) is 5.22 Å². The van der Waals surface area contributed by atoms with Crippen LogP contribution >= 0.6 is 23.4 Å². The van der Waals surface area contributed by atoms with Crippen molar-refractivity contribution in [2.75, 3.05) is 17.9 Å². The van der Waals surface area contributed by atoms with Gasteiger partial charge >= 0.3 is 0 Å². The van der Waals surface area contributed by atoms with E-state index in [4.69, 9.17) is 25.5 Å². The number of hydrogen-bond acceptors (Lipinski definition) is 7. The molecule has 1 aliphatic heterocycles. The van der Waals surface area contributed by atoms with Crippen LogP contribution in [0, 0.1) is 0 Å². The molecule has 2 aromatic carbocycles. The number of aromatic nitrogens is 2. The maximum atomic E-state index is 12.0. The van der Waals surface area contributed by atoms with Crippen LogP contribution in [0.15, 0.2) is 52.1 Å². The number of carbonyl (C=O) groups excluding carboxylic acids is 1. The van der Waals surface area contributed by atoms with Crippen molar-refractivity contribution >= 4 is 35.0 Å². The lowest BCUT2D eigenvalue weighted by Gasteiger charge is -2.03. The van der Waals surface area contributed by atoms with E-state index < -0.39 is 0 Å². The van der Waals surface area contributed by atoms with Crippen LogP contribution in [0.4, 0.5) is 5.69 Å². The third-order valence-electron chi connectivity index (χ3n) is 3.48. The van der Waals surface area contributed by atoms with E-state index in [1.807, 2.05) is 6.07 Å². The quantitative estimate of drug-likeness (QED) is 0.663. The Bertz CT molecular complexity index is 945. The van der Waals surface area contributed by atoms with Gasteiger partial charge in [-0.3, -0.25) is 4.79 Å². The maximum Gasteiger partial charge on any atom is 0.277 e. The number of anilines is 1. The van der Waals surface area contributed by atoms with Crippen molar-refractivity contribution in [2.24, 2.45) is 0 Å². The summed E-state index contributed by atoms with van der Waals surface area (Å²) in [6.07, 6.45) is 0. The van der Waals surface area contributed by atoms with Crippen LogP contribution in [-0.4, -0.2) is 28.7 Å². The zero-order valence-corrected chi connectivity index (χ0v) is 14.8. The second-order valence-corrected chi connectivity index (χ2v) is 6.65. The zero-order chi connectivity index (χ0) is 17.9. The number of rotatable bonds is 5. The van der Waals surface area contributed by atoms with Crippen LogP contribution in [0.3, 0.4) is 0 Å². The fraction of sp³-hybridized carbons (Fsp3) is 0.118. The number of nitrogens with zero attached hydrogens (tertiary/aromatic N) is 2. The summed E-state index contributed by atoms with van der Waals surface area (Å²) in [5, 5.41) is 11.6. The predicted molar refractivity (Wildman–Crippen MR) is 96.7 cm³/mol. The molecule has 0 fully saturated rings. The van der Waals surface area contributed by atoms with Crippen LogP contribution < -0.4 is 14.8 Å². The van der Waals surface area contributed by atoms with E-state index in [1.165, 1.54) is 0 Å². The molecule has 0 radical (unpaired) electrons. The van der Waals surface area contributed by atoms with Gasteiger partial charge in [0.05, 0.1) is 5.75 Å². The van der Waals surface area contributed by atoms with Gasteiger partial charge in [-0.2, -0.15) is 0 Å². The fourth-order valence-corrected chi connectivity index (χ4v) is 2.96. The number of halogens is 1. The molecule has 26 heavy (non-hydrogen) atoms. The van der Waals surface area contributed by atoms with E-state index >= 15 is 0 Å². The second kappa shape index (κ2) is 7.27. The lowest BCUT2D eigenvalue weighted by atomic mass is 10.2. The van der Waals surface area contributed by atoms with Gasteiger partial charge < -0.3 is 19.2 Å². The molecule has 0 spiro atoms. The third-order valence-corrected chi connectivity index (χ3v) is 4.55. The Morgan fingerprint density at radius 3 is 2.77 bits per heavy atom. The fourth-order valence-electron chi connectivity index (χ4n) is 2.27. The Hall–Kier alpha value is -2.71. The molecule has 0 saturated carbocycles. The first-order chi connectivity index (χ1) is 12.7. The van der Waals surface area contributed by atoms with E-state index in [1.54, 1.807) is 36.4 Å². The molecule has 4 rings (SSSR count). The molecule has 0 unspecified atom stereocenters. The van der Waals surface area contributed by atoms with Crippen molar-refractivity contribution in [1.82, 2.24) is 10.2 Å². The Kier molecular flexibility index (Phi) is 4.68. The number of nitrogens with one attached hydrogen (secondary N) is 1. The highest BCUT2D eigenvalue weighted by Crippen LogP contribution is 2.36. The number of fused-ring (bicyclic) bond motifs is 1.